The van der Waals surface area contributed by atoms with E-state index < -0.39 is 0 Å². The number of nitrogens with zero attached hydrogens (tertiary/aromatic N) is 2. The zero-order valence-corrected chi connectivity index (χ0v) is 8.53. The SMILES string of the molecule is CC1CC(Nc2ncn[nH]2)CC(C)O1. The Hall–Kier alpha value is -1.10. The molecule has 2 heterocycles. The van der Waals surface area contributed by atoms with Gasteiger partial charge in [0.1, 0.15) is 6.33 Å². The van der Waals surface area contributed by atoms with Gasteiger partial charge < -0.3 is 10.1 Å². The first-order valence-corrected chi connectivity index (χ1v) is 5.01. The smallest absolute Gasteiger partial charge is 0.218 e. The van der Waals surface area contributed by atoms with Crippen molar-refractivity contribution in [2.24, 2.45) is 0 Å². The highest BCUT2D eigenvalue weighted by Gasteiger charge is 2.24. The molecule has 0 aliphatic carbocycles. The summed E-state index contributed by atoms with van der Waals surface area (Å²) in [6.07, 6.45) is 4.18. The molecule has 2 atom stereocenters. The zero-order valence-electron chi connectivity index (χ0n) is 8.53. The predicted octanol–water partition coefficient (Wildman–Crippen LogP) is 1.17. The maximum Gasteiger partial charge on any atom is 0.218 e. The van der Waals surface area contributed by atoms with Crippen molar-refractivity contribution in [1.29, 1.82) is 0 Å². The Bertz CT molecular complexity index is 264. The number of anilines is 1. The predicted molar refractivity (Wildman–Crippen MR) is 53.0 cm³/mol. The van der Waals surface area contributed by atoms with Crippen LogP contribution in [0.1, 0.15) is 26.7 Å². The molecule has 1 saturated heterocycles. The molecule has 0 aromatic carbocycles. The van der Waals surface area contributed by atoms with Gasteiger partial charge in [-0.2, -0.15) is 5.10 Å². The minimum Gasteiger partial charge on any atom is -0.375 e. The molecule has 1 fully saturated rings. The fraction of sp³-hybridized carbons (Fsp3) is 0.778. The Labute approximate surface area is 83.3 Å². The minimum atomic E-state index is 0.319. The number of hydrogen-bond donors (Lipinski definition) is 2. The van der Waals surface area contributed by atoms with Gasteiger partial charge in [-0.1, -0.05) is 0 Å². The van der Waals surface area contributed by atoms with E-state index in [2.05, 4.69) is 34.3 Å². The molecule has 0 amide bonds. The van der Waals surface area contributed by atoms with Crippen LogP contribution in [0.2, 0.25) is 0 Å². The highest BCUT2D eigenvalue weighted by Crippen LogP contribution is 2.20. The fourth-order valence-corrected chi connectivity index (χ4v) is 1.99. The highest BCUT2D eigenvalue weighted by atomic mass is 16.5. The van der Waals surface area contributed by atoms with E-state index in [0.717, 1.165) is 18.8 Å². The van der Waals surface area contributed by atoms with Gasteiger partial charge >= 0.3 is 0 Å². The molecule has 0 radical (unpaired) electrons. The lowest BCUT2D eigenvalue weighted by atomic mass is 10.0. The Kier molecular flexibility index (Phi) is 2.67. The van der Waals surface area contributed by atoms with Crippen LogP contribution in [0.25, 0.3) is 0 Å². The Morgan fingerprint density at radius 1 is 1.43 bits per heavy atom. The summed E-state index contributed by atoms with van der Waals surface area (Å²) in [5.41, 5.74) is 0. The first kappa shape index (κ1) is 9.45. The highest BCUT2D eigenvalue weighted by molar-refractivity contribution is 5.22. The standard InChI is InChI=1S/C9H16N4O/c1-6-3-8(4-7(2)14-6)12-9-10-5-11-13-9/h5-8H,3-4H2,1-2H3,(H2,10,11,12,13). The van der Waals surface area contributed by atoms with Gasteiger partial charge in [0.05, 0.1) is 12.2 Å². The summed E-state index contributed by atoms with van der Waals surface area (Å²) in [7, 11) is 0. The van der Waals surface area contributed by atoms with Gasteiger partial charge in [0.25, 0.3) is 0 Å². The minimum absolute atomic E-state index is 0.319. The number of hydrogen-bond acceptors (Lipinski definition) is 4. The van der Waals surface area contributed by atoms with E-state index >= 15 is 0 Å². The second-order valence-corrected chi connectivity index (χ2v) is 3.90. The monoisotopic (exact) mass is 196 g/mol. The van der Waals surface area contributed by atoms with Crippen LogP contribution in [0.4, 0.5) is 5.95 Å². The van der Waals surface area contributed by atoms with Gasteiger partial charge in [-0.05, 0) is 26.7 Å². The van der Waals surface area contributed by atoms with Crippen LogP contribution in [-0.2, 0) is 4.74 Å². The summed E-state index contributed by atoms with van der Waals surface area (Å²) in [6.45, 7) is 4.20. The zero-order chi connectivity index (χ0) is 9.97. The largest absolute Gasteiger partial charge is 0.375 e. The molecular weight excluding hydrogens is 180 g/mol. The number of H-pyrrole nitrogens is 1. The summed E-state index contributed by atoms with van der Waals surface area (Å²) >= 11 is 0. The first-order valence-electron chi connectivity index (χ1n) is 5.01. The van der Waals surface area contributed by atoms with E-state index in [-0.39, 0.29) is 0 Å². The number of rotatable bonds is 2. The summed E-state index contributed by atoms with van der Waals surface area (Å²) in [5.74, 6) is 0.747. The normalized spacial score (nSPS) is 32.9. The number of ether oxygens (including phenoxy) is 1. The number of nitrogens with one attached hydrogen (secondary N) is 2. The molecule has 5 nitrogen and oxygen atoms in total. The third-order valence-electron chi connectivity index (χ3n) is 2.45. The summed E-state index contributed by atoms with van der Waals surface area (Å²) < 4.78 is 5.65. The van der Waals surface area contributed by atoms with Gasteiger partial charge in [0.15, 0.2) is 0 Å². The van der Waals surface area contributed by atoms with Gasteiger partial charge in [-0.25, -0.2) is 10.1 Å². The van der Waals surface area contributed by atoms with Crippen molar-refractivity contribution in [2.45, 2.75) is 44.9 Å². The van der Waals surface area contributed by atoms with Gasteiger partial charge in [0, 0.05) is 6.04 Å². The van der Waals surface area contributed by atoms with Crippen LogP contribution in [0, 0.1) is 0 Å². The summed E-state index contributed by atoms with van der Waals surface area (Å²) in [4.78, 5) is 4.04. The van der Waals surface area contributed by atoms with Crippen molar-refractivity contribution in [3.05, 3.63) is 6.33 Å². The molecule has 1 aliphatic rings. The van der Waals surface area contributed by atoms with E-state index in [1.165, 1.54) is 6.33 Å². The number of aromatic nitrogens is 3. The Balaban J connectivity index is 1.91. The molecule has 0 saturated carbocycles. The van der Waals surface area contributed by atoms with Crippen LogP contribution in [0.3, 0.4) is 0 Å². The molecule has 0 spiro atoms. The van der Waals surface area contributed by atoms with Gasteiger partial charge in [-0.3, -0.25) is 0 Å². The molecule has 2 rings (SSSR count). The van der Waals surface area contributed by atoms with E-state index in [4.69, 9.17) is 4.74 Å². The summed E-state index contributed by atoms with van der Waals surface area (Å²) in [6, 6.07) is 0.432. The maximum atomic E-state index is 5.65. The van der Waals surface area contributed by atoms with E-state index in [0.29, 0.717) is 18.2 Å². The molecule has 2 N–H and O–H groups in total. The average Bonchev–Trinajstić information content (AvgIpc) is 2.54. The first-order chi connectivity index (χ1) is 6.74. The van der Waals surface area contributed by atoms with Crippen molar-refractivity contribution < 1.29 is 4.74 Å². The molecule has 78 valence electrons. The van der Waals surface area contributed by atoms with Gasteiger partial charge in [-0.15, -0.1) is 0 Å². The van der Waals surface area contributed by atoms with Crippen LogP contribution in [0.15, 0.2) is 6.33 Å². The maximum absolute atomic E-state index is 5.65. The topological polar surface area (TPSA) is 62.8 Å². The van der Waals surface area contributed by atoms with Gasteiger partial charge in [0.2, 0.25) is 5.95 Å². The van der Waals surface area contributed by atoms with Crippen molar-refractivity contribution >= 4 is 5.95 Å². The molecule has 1 aromatic rings. The van der Waals surface area contributed by atoms with Crippen molar-refractivity contribution in [3.63, 3.8) is 0 Å². The number of aromatic amines is 1. The molecule has 5 heteroatoms. The Morgan fingerprint density at radius 2 is 2.14 bits per heavy atom. The molecule has 2 unspecified atom stereocenters. The van der Waals surface area contributed by atoms with E-state index in [1.807, 2.05) is 0 Å². The molecule has 1 aliphatic heterocycles. The molecular formula is C9H16N4O. The summed E-state index contributed by atoms with van der Waals surface area (Å²) in [5, 5.41) is 9.91. The molecule has 14 heavy (non-hydrogen) atoms. The van der Waals surface area contributed by atoms with Crippen LogP contribution in [0.5, 0.6) is 0 Å². The lowest BCUT2D eigenvalue weighted by molar-refractivity contribution is -0.0338. The lowest BCUT2D eigenvalue weighted by Gasteiger charge is -2.32. The second-order valence-electron chi connectivity index (χ2n) is 3.90. The fourth-order valence-electron chi connectivity index (χ4n) is 1.99. The van der Waals surface area contributed by atoms with Crippen LogP contribution in [-0.4, -0.2) is 33.4 Å². The molecule has 1 aromatic heterocycles. The van der Waals surface area contributed by atoms with E-state index in [9.17, 15) is 0 Å². The van der Waals surface area contributed by atoms with Crippen molar-refractivity contribution in [2.75, 3.05) is 5.32 Å². The quantitative estimate of drug-likeness (QED) is 0.745. The second kappa shape index (κ2) is 3.96. The third kappa shape index (κ3) is 2.23. The molecule has 0 bridgehead atoms. The van der Waals surface area contributed by atoms with Crippen molar-refractivity contribution in [3.8, 4) is 0 Å². The Morgan fingerprint density at radius 3 is 2.71 bits per heavy atom. The average molecular weight is 196 g/mol. The van der Waals surface area contributed by atoms with Crippen LogP contribution >= 0.6 is 0 Å². The van der Waals surface area contributed by atoms with Crippen LogP contribution < -0.4 is 5.32 Å². The van der Waals surface area contributed by atoms with E-state index in [1.54, 1.807) is 0 Å². The van der Waals surface area contributed by atoms with Crippen molar-refractivity contribution in [1.82, 2.24) is 15.2 Å². The lowest BCUT2D eigenvalue weighted by Crippen LogP contribution is -2.37. The third-order valence-corrected chi connectivity index (χ3v) is 2.45.